The van der Waals surface area contributed by atoms with Gasteiger partial charge in [0, 0.05) is 0 Å². The van der Waals surface area contributed by atoms with Crippen LogP contribution in [0.25, 0.3) is 6.08 Å². The van der Waals surface area contributed by atoms with Crippen molar-refractivity contribution in [3.05, 3.63) is 71.7 Å². The summed E-state index contributed by atoms with van der Waals surface area (Å²) in [7, 11) is 0. The van der Waals surface area contributed by atoms with Crippen molar-refractivity contribution in [1.29, 1.82) is 5.26 Å². The van der Waals surface area contributed by atoms with Crippen LogP contribution in [-0.4, -0.2) is 11.0 Å². The number of carbonyl (C=O) groups excluding carboxylic acids is 1. The fourth-order valence-electron chi connectivity index (χ4n) is 1.68. The molecular weight excluding hydrogens is 280 g/mol. The smallest absolute Gasteiger partial charge is 0.262 e. The first-order chi connectivity index (χ1) is 10.7. The third-order valence-corrected chi connectivity index (χ3v) is 2.81. The van der Waals surface area contributed by atoms with Gasteiger partial charge in [0.15, 0.2) is 0 Å². The fourth-order valence-corrected chi connectivity index (χ4v) is 1.68. The van der Waals surface area contributed by atoms with E-state index < -0.39 is 5.91 Å². The highest BCUT2D eigenvalue weighted by molar-refractivity contribution is 5.97. The normalized spacial score (nSPS) is 11.3. The first-order valence-electron chi connectivity index (χ1n) is 6.57. The molecule has 22 heavy (non-hydrogen) atoms. The Labute approximate surface area is 127 Å². The van der Waals surface area contributed by atoms with Crippen LogP contribution >= 0.6 is 0 Å². The highest BCUT2D eigenvalue weighted by Gasteiger charge is 2.07. The summed E-state index contributed by atoms with van der Waals surface area (Å²) in [6.07, 6.45) is 6.29. The molecule has 0 bridgehead atoms. The minimum atomic E-state index is -0.464. The number of nitrogens with one attached hydrogen (secondary N) is 1. The van der Waals surface area contributed by atoms with E-state index in [1.54, 1.807) is 48.6 Å². The number of furan rings is 1. The van der Waals surface area contributed by atoms with Gasteiger partial charge in [-0.3, -0.25) is 4.79 Å². The van der Waals surface area contributed by atoms with Gasteiger partial charge in [-0.05, 0) is 35.9 Å². The molecule has 1 aromatic carbocycles. The van der Waals surface area contributed by atoms with Crippen molar-refractivity contribution in [2.45, 2.75) is 6.54 Å². The average molecular weight is 294 g/mol. The molecule has 1 heterocycles. The van der Waals surface area contributed by atoms with Crippen molar-refractivity contribution in [3.8, 4) is 11.8 Å². The second kappa shape index (κ2) is 7.50. The number of amides is 1. The van der Waals surface area contributed by atoms with Crippen molar-refractivity contribution < 1.29 is 14.3 Å². The molecule has 0 aliphatic rings. The number of allylic oxidation sites excluding steroid dienone is 2. The van der Waals surface area contributed by atoms with Gasteiger partial charge in [-0.15, -0.1) is 0 Å². The predicted octanol–water partition coefficient (Wildman–Crippen LogP) is 2.76. The lowest BCUT2D eigenvalue weighted by molar-refractivity contribution is -0.117. The minimum Gasteiger partial charge on any atom is -0.508 e. The number of nitriles is 1. The van der Waals surface area contributed by atoms with E-state index >= 15 is 0 Å². The van der Waals surface area contributed by atoms with E-state index in [1.807, 2.05) is 6.07 Å². The minimum absolute atomic E-state index is 0.00147. The lowest BCUT2D eigenvalue weighted by Crippen LogP contribution is -2.23. The Morgan fingerprint density at radius 1 is 1.32 bits per heavy atom. The molecule has 1 amide bonds. The highest BCUT2D eigenvalue weighted by Crippen LogP contribution is 2.11. The summed E-state index contributed by atoms with van der Waals surface area (Å²) < 4.78 is 5.09. The first kappa shape index (κ1) is 15.1. The molecule has 0 radical (unpaired) electrons. The molecule has 0 saturated heterocycles. The Hall–Kier alpha value is -3.26. The molecule has 0 atom stereocenters. The topological polar surface area (TPSA) is 86.3 Å². The maximum atomic E-state index is 11.8. The van der Waals surface area contributed by atoms with Gasteiger partial charge in [0.2, 0.25) is 0 Å². The molecule has 2 aromatic rings. The molecule has 0 spiro atoms. The summed E-state index contributed by atoms with van der Waals surface area (Å²) in [5, 5.41) is 20.8. The van der Waals surface area contributed by atoms with Crippen LogP contribution in [-0.2, 0) is 11.3 Å². The summed E-state index contributed by atoms with van der Waals surface area (Å²) in [6, 6.07) is 11.9. The molecule has 5 heteroatoms. The number of phenolic OH excluding ortho intramolecular Hbond substituents is 1. The molecule has 0 saturated carbocycles. The third kappa shape index (κ3) is 4.39. The number of carbonyl (C=O) groups is 1. The van der Waals surface area contributed by atoms with Crippen molar-refractivity contribution in [2.24, 2.45) is 0 Å². The third-order valence-electron chi connectivity index (χ3n) is 2.81. The predicted molar refractivity (Wildman–Crippen MR) is 81.4 cm³/mol. The maximum absolute atomic E-state index is 11.8. The SMILES string of the molecule is N#CC(=CC=Cc1ccc(O)cc1)C(=O)NCc1ccco1. The van der Waals surface area contributed by atoms with E-state index in [1.165, 1.54) is 12.3 Å². The van der Waals surface area contributed by atoms with Crippen LogP contribution in [0.15, 0.2) is 64.8 Å². The molecule has 0 aliphatic carbocycles. The Morgan fingerprint density at radius 2 is 2.09 bits per heavy atom. The van der Waals surface area contributed by atoms with Gasteiger partial charge in [-0.25, -0.2) is 0 Å². The van der Waals surface area contributed by atoms with Crippen LogP contribution < -0.4 is 5.32 Å². The number of aromatic hydroxyl groups is 1. The van der Waals surface area contributed by atoms with Gasteiger partial charge in [0.25, 0.3) is 5.91 Å². The number of phenols is 1. The largest absolute Gasteiger partial charge is 0.508 e. The molecule has 110 valence electrons. The Balaban J connectivity index is 1.96. The molecule has 0 fully saturated rings. The summed E-state index contributed by atoms with van der Waals surface area (Å²) in [6.45, 7) is 0.229. The van der Waals surface area contributed by atoms with Gasteiger partial charge in [-0.2, -0.15) is 5.26 Å². The van der Waals surface area contributed by atoms with Gasteiger partial charge < -0.3 is 14.8 Å². The van der Waals surface area contributed by atoms with E-state index in [0.717, 1.165) is 5.56 Å². The molecule has 2 N–H and O–H groups in total. The Kier molecular flexibility index (Phi) is 5.16. The second-order valence-corrected chi connectivity index (χ2v) is 4.40. The molecular formula is C17H14N2O3. The van der Waals surface area contributed by atoms with Crippen molar-refractivity contribution >= 4 is 12.0 Å². The summed E-state index contributed by atoms with van der Waals surface area (Å²) in [5.74, 6) is 0.335. The molecule has 5 nitrogen and oxygen atoms in total. The maximum Gasteiger partial charge on any atom is 0.262 e. The number of nitrogens with zero attached hydrogens (tertiary/aromatic N) is 1. The molecule has 1 aromatic heterocycles. The number of hydrogen-bond acceptors (Lipinski definition) is 4. The molecule has 2 rings (SSSR count). The van der Waals surface area contributed by atoms with Gasteiger partial charge in [0.1, 0.15) is 23.2 Å². The fraction of sp³-hybridized carbons (Fsp3) is 0.0588. The van der Waals surface area contributed by atoms with Crippen LogP contribution in [0.3, 0.4) is 0 Å². The van der Waals surface area contributed by atoms with Crippen molar-refractivity contribution in [2.75, 3.05) is 0 Å². The number of hydrogen-bond donors (Lipinski definition) is 2. The van der Waals surface area contributed by atoms with Gasteiger partial charge in [0.05, 0.1) is 12.8 Å². The summed E-state index contributed by atoms with van der Waals surface area (Å²) >= 11 is 0. The Morgan fingerprint density at radius 3 is 2.73 bits per heavy atom. The van der Waals surface area contributed by atoms with Crippen molar-refractivity contribution in [1.82, 2.24) is 5.32 Å². The second-order valence-electron chi connectivity index (χ2n) is 4.40. The van der Waals surface area contributed by atoms with Crippen LogP contribution in [0.5, 0.6) is 5.75 Å². The van der Waals surface area contributed by atoms with Crippen molar-refractivity contribution in [3.63, 3.8) is 0 Å². The highest BCUT2D eigenvalue weighted by atomic mass is 16.3. The summed E-state index contributed by atoms with van der Waals surface area (Å²) in [4.78, 5) is 11.8. The first-order valence-corrected chi connectivity index (χ1v) is 6.57. The summed E-state index contributed by atoms with van der Waals surface area (Å²) in [5.41, 5.74) is 0.851. The standard InChI is InChI=1S/C17H14N2O3/c18-11-14(17(21)19-12-16-5-2-10-22-16)4-1-3-13-6-8-15(20)9-7-13/h1-10,20H,12H2,(H,19,21). The van der Waals surface area contributed by atoms with Gasteiger partial charge in [-0.1, -0.05) is 24.3 Å². The van der Waals surface area contributed by atoms with Crippen LogP contribution in [0.1, 0.15) is 11.3 Å². The monoisotopic (exact) mass is 294 g/mol. The lowest BCUT2D eigenvalue weighted by atomic mass is 10.2. The quantitative estimate of drug-likeness (QED) is 0.504. The zero-order valence-corrected chi connectivity index (χ0v) is 11.7. The van der Waals surface area contributed by atoms with Gasteiger partial charge >= 0.3 is 0 Å². The van der Waals surface area contributed by atoms with Crippen LogP contribution in [0.4, 0.5) is 0 Å². The molecule has 0 aliphatic heterocycles. The zero-order chi connectivity index (χ0) is 15.8. The number of benzene rings is 1. The zero-order valence-electron chi connectivity index (χ0n) is 11.7. The van der Waals surface area contributed by atoms with E-state index in [9.17, 15) is 9.90 Å². The van der Waals surface area contributed by atoms with Crippen LogP contribution in [0, 0.1) is 11.3 Å². The lowest BCUT2D eigenvalue weighted by Gasteiger charge is -2.00. The van der Waals surface area contributed by atoms with E-state index in [-0.39, 0.29) is 17.9 Å². The van der Waals surface area contributed by atoms with Crippen LogP contribution in [0.2, 0.25) is 0 Å². The van der Waals surface area contributed by atoms with E-state index in [0.29, 0.717) is 5.76 Å². The van der Waals surface area contributed by atoms with E-state index in [4.69, 9.17) is 9.68 Å². The van der Waals surface area contributed by atoms with E-state index in [2.05, 4.69) is 5.32 Å². The average Bonchev–Trinajstić information content (AvgIpc) is 3.04. The Bertz CT molecular complexity index is 720. The molecule has 0 unspecified atom stereocenters. The number of rotatable bonds is 5.